The Morgan fingerprint density at radius 2 is 1.41 bits per heavy atom. The van der Waals surface area contributed by atoms with Crippen LogP contribution in [-0.2, 0) is 14.6 Å². The van der Waals surface area contributed by atoms with Crippen molar-refractivity contribution in [1.29, 1.82) is 0 Å². The third kappa shape index (κ3) is 14.0. The van der Waals surface area contributed by atoms with E-state index in [0.29, 0.717) is 19.6 Å². The van der Waals surface area contributed by atoms with Gasteiger partial charge in [-0.05, 0) is 18.8 Å². The molecule has 0 aromatic rings. The molecule has 0 bridgehead atoms. The normalized spacial score (nSPS) is 18.5. The largest absolute Gasteiger partial charge is 0.450 e. The van der Waals surface area contributed by atoms with E-state index in [9.17, 15) is 13.2 Å². The summed E-state index contributed by atoms with van der Waals surface area (Å²) >= 11 is 0. The number of nitrogens with one attached hydrogen (secondary N) is 1. The molecule has 6 heteroatoms. The van der Waals surface area contributed by atoms with Crippen molar-refractivity contribution in [3.8, 4) is 0 Å². The summed E-state index contributed by atoms with van der Waals surface area (Å²) in [5.74, 6) is 0.471. The van der Waals surface area contributed by atoms with E-state index in [0.717, 1.165) is 12.8 Å². The SMILES string of the molecule is CCCCCCCCCCCCCCCOC(=O)NCC1CCS(=O)(=O)C1. The summed E-state index contributed by atoms with van der Waals surface area (Å²) in [5, 5.41) is 2.68. The number of alkyl carbamates (subject to hydrolysis) is 1. The van der Waals surface area contributed by atoms with E-state index in [-0.39, 0.29) is 17.4 Å². The summed E-state index contributed by atoms with van der Waals surface area (Å²) in [7, 11) is -2.88. The van der Waals surface area contributed by atoms with Crippen LogP contribution in [0.15, 0.2) is 0 Å². The smallest absolute Gasteiger partial charge is 0.407 e. The molecule has 1 amide bonds. The van der Waals surface area contributed by atoms with Gasteiger partial charge in [-0.15, -0.1) is 0 Å². The Hall–Kier alpha value is -0.780. The fraction of sp³-hybridized carbons (Fsp3) is 0.952. The molecule has 1 unspecified atom stereocenters. The first-order chi connectivity index (χ1) is 13.0. The van der Waals surface area contributed by atoms with Crippen molar-refractivity contribution in [2.24, 2.45) is 5.92 Å². The molecule has 0 saturated carbocycles. The quantitative estimate of drug-likeness (QED) is 0.358. The van der Waals surface area contributed by atoms with E-state index in [1.165, 1.54) is 70.6 Å². The molecular formula is C21H41NO4S. The Bertz CT molecular complexity index is 479. The Balaban J connectivity index is 1.79. The van der Waals surface area contributed by atoms with Crippen molar-refractivity contribution in [3.63, 3.8) is 0 Å². The zero-order valence-electron chi connectivity index (χ0n) is 17.3. The molecule has 1 heterocycles. The van der Waals surface area contributed by atoms with E-state index in [1.54, 1.807) is 0 Å². The second-order valence-corrected chi connectivity index (χ2v) is 10.3. The summed E-state index contributed by atoms with van der Waals surface area (Å²) in [6.45, 7) is 3.11. The van der Waals surface area contributed by atoms with Crippen molar-refractivity contribution in [1.82, 2.24) is 5.32 Å². The number of rotatable bonds is 16. The highest BCUT2D eigenvalue weighted by Gasteiger charge is 2.27. The molecule has 1 N–H and O–H groups in total. The van der Waals surface area contributed by atoms with Crippen molar-refractivity contribution < 1.29 is 17.9 Å². The standard InChI is InChI=1S/C21H41NO4S/c1-2-3-4-5-6-7-8-9-10-11-12-13-14-16-26-21(23)22-18-20-15-17-27(24,25)19-20/h20H,2-19H2,1H3,(H,22,23). The minimum Gasteiger partial charge on any atom is -0.450 e. The Kier molecular flexibility index (Phi) is 13.6. The maximum atomic E-state index is 11.6. The highest BCUT2D eigenvalue weighted by Crippen LogP contribution is 2.17. The zero-order valence-corrected chi connectivity index (χ0v) is 18.2. The zero-order chi connectivity index (χ0) is 19.8. The molecular weight excluding hydrogens is 362 g/mol. The number of hydrogen-bond acceptors (Lipinski definition) is 4. The lowest BCUT2D eigenvalue weighted by atomic mass is 10.0. The van der Waals surface area contributed by atoms with Crippen molar-refractivity contribution >= 4 is 15.9 Å². The van der Waals surface area contributed by atoms with Gasteiger partial charge in [0.1, 0.15) is 0 Å². The molecule has 1 rings (SSSR count). The topological polar surface area (TPSA) is 72.5 Å². The minimum absolute atomic E-state index is 0.0406. The second kappa shape index (κ2) is 15.2. The monoisotopic (exact) mass is 403 g/mol. The predicted molar refractivity (Wildman–Crippen MR) is 112 cm³/mol. The van der Waals surface area contributed by atoms with E-state index >= 15 is 0 Å². The van der Waals surface area contributed by atoms with Crippen LogP contribution in [0.5, 0.6) is 0 Å². The molecule has 1 aliphatic heterocycles. The van der Waals surface area contributed by atoms with E-state index in [4.69, 9.17) is 4.74 Å². The van der Waals surface area contributed by atoms with Crippen LogP contribution >= 0.6 is 0 Å². The van der Waals surface area contributed by atoms with Gasteiger partial charge in [-0.25, -0.2) is 13.2 Å². The van der Waals surface area contributed by atoms with Crippen LogP contribution in [0.25, 0.3) is 0 Å². The van der Waals surface area contributed by atoms with Crippen molar-refractivity contribution in [2.75, 3.05) is 24.7 Å². The fourth-order valence-corrected chi connectivity index (χ4v) is 5.46. The van der Waals surface area contributed by atoms with Crippen molar-refractivity contribution in [2.45, 2.75) is 96.8 Å². The summed E-state index contributed by atoms with van der Waals surface area (Å²) in [5.41, 5.74) is 0. The van der Waals surface area contributed by atoms with Crippen LogP contribution in [-0.4, -0.2) is 39.2 Å². The third-order valence-corrected chi connectivity index (χ3v) is 7.18. The number of unbranched alkanes of at least 4 members (excludes halogenated alkanes) is 12. The van der Waals surface area contributed by atoms with Gasteiger partial charge in [0.25, 0.3) is 0 Å². The molecule has 0 aromatic heterocycles. The summed E-state index contributed by atoms with van der Waals surface area (Å²) in [6.07, 6.45) is 17.1. The Morgan fingerprint density at radius 3 is 1.89 bits per heavy atom. The number of carbonyl (C=O) groups excluding carboxylic acids is 1. The first-order valence-electron chi connectivity index (χ1n) is 11.1. The average Bonchev–Trinajstić information content (AvgIpc) is 2.99. The van der Waals surface area contributed by atoms with Crippen LogP contribution in [0, 0.1) is 5.92 Å². The molecule has 0 aliphatic carbocycles. The van der Waals surface area contributed by atoms with Gasteiger partial charge in [-0.1, -0.05) is 84.0 Å². The highest BCUT2D eigenvalue weighted by molar-refractivity contribution is 7.91. The third-order valence-electron chi connectivity index (χ3n) is 5.34. The summed E-state index contributed by atoms with van der Waals surface area (Å²) < 4.78 is 27.9. The number of sulfone groups is 1. The van der Waals surface area contributed by atoms with Gasteiger partial charge in [-0.3, -0.25) is 0 Å². The predicted octanol–water partition coefficient (Wildman–Crippen LogP) is 5.24. The molecule has 0 radical (unpaired) electrons. The molecule has 160 valence electrons. The van der Waals surface area contributed by atoms with E-state index in [1.807, 2.05) is 0 Å². The number of amides is 1. The lowest BCUT2D eigenvalue weighted by molar-refractivity contribution is 0.142. The van der Waals surface area contributed by atoms with Gasteiger partial charge < -0.3 is 10.1 Å². The molecule has 0 aromatic carbocycles. The van der Waals surface area contributed by atoms with Gasteiger partial charge in [-0.2, -0.15) is 0 Å². The van der Waals surface area contributed by atoms with Crippen molar-refractivity contribution in [3.05, 3.63) is 0 Å². The van der Waals surface area contributed by atoms with Gasteiger partial charge >= 0.3 is 6.09 Å². The minimum atomic E-state index is -2.88. The number of ether oxygens (including phenoxy) is 1. The fourth-order valence-electron chi connectivity index (χ4n) is 3.60. The lowest BCUT2D eigenvalue weighted by Gasteiger charge is -2.10. The molecule has 1 fully saturated rings. The van der Waals surface area contributed by atoms with Gasteiger partial charge in [0.2, 0.25) is 0 Å². The van der Waals surface area contributed by atoms with Crippen LogP contribution in [0.3, 0.4) is 0 Å². The molecule has 27 heavy (non-hydrogen) atoms. The van der Waals surface area contributed by atoms with E-state index < -0.39 is 15.9 Å². The maximum absolute atomic E-state index is 11.6. The van der Waals surface area contributed by atoms with Crippen LogP contribution < -0.4 is 5.32 Å². The van der Waals surface area contributed by atoms with E-state index in [2.05, 4.69) is 12.2 Å². The first-order valence-corrected chi connectivity index (χ1v) is 13.0. The molecule has 5 nitrogen and oxygen atoms in total. The maximum Gasteiger partial charge on any atom is 0.407 e. The van der Waals surface area contributed by atoms with Gasteiger partial charge in [0.05, 0.1) is 18.1 Å². The highest BCUT2D eigenvalue weighted by atomic mass is 32.2. The second-order valence-electron chi connectivity index (χ2n) is 8.03. The Morgan fingerprint density at radius 1 is 0.889 bits per heavy atom. The molecule has 1 aliphatic rings. The summed E-state index contributed by atoms with van der Waals surface area (Å²) in [4.78, 5) is 11.6. The average molecular weight is 404 g/mol. The van der Waals surface area contributed by atoms with Crippen LogP contribution in [0.1, 0.15) is 96.8 Å². The molecule has 1 atom stereocenters. The van der Waals surface area contributed by atoms with Gasteiger partial charge in [0.15, 0.2) is 9.84 Å². The Labute approximate surface area is 166 Å². The number of carbonyl (C=O) groups is 1. The molecule has 1 saturated heterocycles. The summed E-state index contributed by atoms with van der Waals surface area (Å²) in [6, 6.07) is 0. The lowest BCUT2D eigenvalue weighted by Crippen LogP contribution is -2.30. The molecule has 0 spiro atoms. The van der Waals surface area contributed by atoms with Crippen LogP contribution in [0.4, 0.5) is 4.79 Å². The van der Waals surface area contributed by atoms with Crippen LogP contribution in [0.2, 0.25) is 0 Å². The number of hydrogen-bond donors (Lipinski definition) is 1. The van der Waals surface area contributed by atoms with Gasteiger partial charge in [0, 0.05) is 6.54 Å². The first kappa shape index (κ1) is 24.3.